The fourth-order valence-electron chi connectivity index (χ4n) is 3.03. The van der Waals surface area contributed by atoms with Crippen molar-refractivity contribution in [3.63, 3.8) is 0 Å². The summed E-state index contributed by atoms with van der Waals surface area (Å²) in [4.78, 5) is 52.2. The van der Waals surface area contributed by atoms with Gasteiger partial charge in [-0.2, -0.15) is 0 Å². The van der Waals surface area contributed by atoms with Crippen LogP contribution in [0.2, 0.25) is 0 Å². The van der Waals surface area contributed by atoms with Gasteiger partial charge in [-0.1, -0.05) is 0 Å². The molecule has 0 aliphatic heterocycles. The third-order valence-corrected chi connectivity index (χ3v) is 11.5. The van der Waals surface area contributed by atoms with Crippen LogP contribution >= 0.6 is 0 Å². The molecule has 0 atom stereocenters. The third kappa shape index (κ3) is 6.90. The van der Waals surface area contributed by atoms with Crippen molar-refractivity contribution in [2.75, 3.05) is 0 Å². The molecule has 0 fully saturated rings. The van der Waals surface area contributed by atoms with Crippen molar-refractivity contribution < 1.29 is 35.8 Å². The molecule has 0 bridgehead atoms. The Balaban J connectivity index is 5.90. The number of carbonyl (C=O) groups excluding carboxylic acids is 4. The van der Waals surface area contributed by atoms with E-state index in [2.05, 4.69) is 0 Å². The molecular formula is C20H36O4Ti. The first kappa shape index (κ1) is 24.4. The zero-order chi connectivity index (χ0) is 19.3. The molecule has 0 rings (SSSR count). The van der Waals surface area contributed by atoms with Gasteiger partial charge in [0, 0.05) is 0 Å². The summed E-state index contributed by atoms with van der Waals surface area (Å²) in [6.45, 7) is 7.88. The van der Waals surface area contributed by atoms with Gasteiger partial charge in [0.15, 0.2) is 0 Å². The molecule has 0 aromatic carbocycles. The summed E-state index contributed by atoms with van der Waals surface area (Å²) in [5.41, 5.74) is 0. The molecule has 4 nitrogen and oxygen atoms in total. The van der Waals surface area contributed by atoms with Crippen molar-refractivity contribution >= 4 is 16.4 Å². The predicted octanol–water partition coefficient (Wildman–Crippen LogP) is 5.01. The maximum atomic E-state index is 13.1. The summed E-state index contributed by atoms with van der Waals surface area (Å²) >= 11 is -4.58. The molecular weight excluding hydrogens is 352 g/mol. The number of hydrogen-bond acceptors (Lipinski definition) is 4. The van der Waals surface area contributed by atoms with Gasteiger partial charge in [-0.15, -0.1) is 0 Å². The summed E-state index contributed by atoms with van der Waals surface area (Å²) in [6, 6.07) is 0. The van der Waals surface area contributed by atoms with Crippen molar-refractivity contribution in [1.82, 2.24) is 0 Å². The first-order valence-electron chi connectivity index (χ1n) is 10.1. The number of rotatable bonds is 16. The van der Waals surface area contributed by atoms with E-state index in [0.29, 0.717) is 25.7 Å². The Morgan fingerprint density at radius 1 is 0.480 bits per heavy atom. The van der Waals surface area contributed by atoms with E-state index in [4.69, 9.17) is 0 Å². The fraction of sp³-hybridized carbons (Fsp3) is 0.800. The molecule has 0 radical (unpaired) electrons. The third-order valence-electron chi connectivity index (χ3n) is 4.70. The van der Waals surface area contributed by atoms with E-state index in [1.807, 2.05) is 27.7 Å². The molecule has 0 aliphatic rings. The van der Waals surface area contributed by atoms with E-state index >= 15 is 0 Å². The number of hydrogen-bond donors (Lipinski definition) is 0. The van der Waals surface area contributed by atoms with Crippen LogP contribution in [0.5, 0.6) is 0 Å². The Bertz CT molecular complexity index is 371. The van der Waals surface area contributed by atoms with Crippen molar-refractivity contribution in [1.29, 1.82) is 0 Å². The predicted molar refractivity (Wildman–Crippen MR) is 98.1 cm³/mol. The second-order valence-corrected chi connectivity index (χ2v) is 12.7. The van der Waals surface area contributed by atoms with Crippen molar-refractivity contribution in [2.45, 2.75) is 105 Å². The van der Waals surface area contributed by atoms with Crippen LogP contribution in [0.15, 0.2) is 0 Å². The molecule has 0 N–H and O–H groups in total. The van der Waals surface area contributed by atoms with Gasteiger partial charge < -0.3 is 0 Å². The minimum atomic E-state index is -4.58. The molecule has 0 amide bonds. The van der Waals surface area contributed by atoms with E-state index < -0.39 is 16.6 Å². The van der Waals surface area contributed by atoms with Crippen LogP contribution in [0.1, 0.15) is 105 Å². The molecule has 0 aromatic heterocycles. The van der Waals surface area contributed by atoms with Crippen LogP contribution in [0.4, 0.5) is 0 Å². The standard InChI is InChI=1S/4C5H9O.Ti/c4*1-2-3-4-5-6;/h4*2-4H2,1H3;. The summed E-state index contributed by atoms with van der Waals surface area (Å²) in [5.74, 6) is 0. The van der Waals surface area contributed by atoms with Gasteiger partial charge in [0.2, 0.25) is 0 Å². The Labute approximate surface area is 156 Å². The van der Waals surface area contributed by atoms with Gasteiger partial charge >= 0.3 is 157 Å². The van der Waals surface area contributed by atoms with Crippen LogP contribution in [0, 0.1) is 0 Å². The van der Waals surface area contributed by atoms with Gasteiger partial charge in [-0.25, -0.2) is 0 Å². The molecule has 0 saturated carbocycles. The quantitative estimate of drug-likeness (QED) is 0.349. The molecule has 0 unspecified atom stereocenters. The van der Waals surface area contributed by atoms with E-state index in [1.54, 1.807) is 0 Å². The molecule has 25 heavy (non-hydrogen) atoms. The van der Waals surface area contributed by atoms with Gasteiger partial charge in [-0.05, 0) is 0 Å². The minimum absolute atomic E-state index is 0.212. The number of unbranched alkanes of at least 4 members (excludes halogenated alkanes) is 4. The summed E-state index contributed by atoms with van der Waals surface area (Å²) < 4.78 is -1.09. The molecule has 0 aromatic rings. The Morgan fingerprint density at radius 2 is 0.680 bits per heavy atom. The van der Waals surface area contributed by atoms with Crippen LogP contribution in [0.25, 0.3) is 0 Å². The average molecular weight is 388 g/mol. The van der Waals surface area contributed by atoms with Crippen LogP contribution in [-0.2, 0) is 35.8 Å². The zero-order valence-electron chi connectivity index (χ0n) is 16.6. The second-order valence-electron chi connectivity index (χ2n) is 6.86. The Hall–Kier alpha value is -0.606. The van der Waals surface area contributed by atoms with E-state index in [-0.39, 0.29) is 42.0 Å². The van der Waals surface area contributed by atoms with Gasteiger partial charge in [0.25, 0.3) is 0 Å². The molecule has 0 saturated heterocycles. The maximum absolute atomic E-state index is 13.1. The summed E-state index contributed by atoms with van der Waals surface area (Å²) in [7, 11) is 0. The summed E-state index contributed by atoms with van der Waals surface area (Å²) in [6.07, 6.45) is 6.72. The normalized spacial score (nSPS) is 11.4. The van der Waals surface area contributed by atoms with E-state index in [9.17, 15) is 19.2 Å². The van der Waals surface area contributed by atoms with Gasteiger partial charge in [-0.3, -0.25) is 0 Å². The fourth-order valence-corrected chi connectivity index (χ4v) is 9.39. The Morgan fingerprint density at radius 3 is 0.840 bits per heavy atom. The monoisotopic (exact) mass is 388 g/mol. The zero-order valence-corrected chi connectivity index (χ0v) is 18.2. The van der Waals surface area contributed by atoms with Gasteiger partial charge in [0.05, 0.1) is 0 Å². The van der Waals surface area contributed by atoms with Crippen LogP contribution in [-0.4, -0.2) is 16.4 Å². The first-order chi connectivity index (χ1) is 11.9. The topological polar surface area (TPSA) is 68.3 Å². The van der Waals surface area contributed by atoms with Gasteiger partial charge in [0.1, 0.15) is 0 Å². The number of carbonyl (C=O) groups is 4. The van der Waals surface area contributed by atoms with Crippen LogP contribution in [0.3, 0.4) is 0 Å². The second kappa shape index (κ2) is 13.6. The molecule has 0 spiro atoms. The molecule has 0 heterocycles. The van der Waals surface area contributed by atoms with E-state index in [1.165, 1.54) is 0 Å². The Kier molecular flexibility index (Phi) is 13.2. The van der Waals surface area contributed by atoms with Crippen molar-refractivity contribution in [3.05, 3.63) is 0 Å². The molecule has 0 aliphatic carbocycles. The molecule has 5 heteroatoms. The van der Waals surface area contributed by atoms with E-state index in [0.717, 1.165) is 25.7 Å². The molecule has 144 valence electrons. The average Bonchev–Trinajstić information content (AvgIpc) is 2.61. The van der Waals surface area contributed by atoms with Crippen molar-refractivity contribution in [2.24, 2.45) is 0 Å². The van der Waals surface area contributed by atoms with Crippen LogP contribution < -0.4 is 0 Å². The SMILES string of the molecule is CCCC[C](=O)[Ti]([C](=O)CCCC)([C](=O)CCCC)[C](=O)CCCC. The first-order valence-corrected chi connectivity index (χ1v) is 13.2. The summed E-state index contributed by atoms with van der Waals surface area (Å²) in [5, 5.41) is 0. The van der Waals surface area contributed by atoms with Crippen molar-refractivity contribution in [3.8, 4) is 0 Å².